The van der Waals surface area contributed by atoms with Crippen molar-refractivity contribution in [2.24, 2.45) is 11.8 Å². The zero-order valence-corrected chi connectivity index (χ0v) is 11.4. The van der Waals surface area contributed by atoms with Crippen molar-refractivity contribution in [3.05, 3.63) is 23.8 Å². The molecule has 0 bridgehead atoms. The summed E-state index contributed by atoms with van der Waals surface area (Å²) in [6.45, 7) is 10.4. The zero-order valence-electron chi connectivity index (χ0n) is 11.4. The summed E-state index contributed by atoms with van der Waals surface area (Å²) in [6, 6.07) is 0. The second-order valence-corrected chi connectivity index (χ2v) is 5.21. The predicted octanol–water partition coefficient (Wildman–Crippen LogP) is 4.54. The summed E-state index contributed by atoms with van der Waals surface area (Å²) < 4.78 is 0. The number of rotatable bonds is 7. The molecule has 16 heavy (non-hydrogen) atoms. The molecule has 0 amide bonds. The van der Waals surface area contributed by atoms with Gasteiger partial charge in [0.15, 0.2) is 5.78 Å². The van der Waals surface area contributed by atoms with Crippen LogP contribution in [-0.2, 0) is 4.79 Å². The van der Waals surface area contributed by atoms with E-state index in [0.717, 1.165) is 23.8 Å². The van der Waals surface area contributed by atoms with Crippen LogP contribution in [0.3, 0.4) is 0 Å². The van der Waals surface area contributed by atoms with Crippen molar-refractivity contribution in [1.29, 1.82) is 0 Å². The van der Waals surface area contributed by atoms with Gasteiger partial charge in [0.2, 0.25) is 0 Å². The average Bonchev–Trinajstić information content (AvgIpc) is 2.13. The molecule has 0 N–H and O–H groups in total. The average molecular weight is 222 g/mol. The third-order valence-corrected chi connectivity index (χ3v) is 2.59. The van der Waals surface area contributed by atoms with Gasteiger partial charge >= 0.3 is 0 Å². The maximum absolute atomic E-state index is 10.8. The lowest BCUT2D eigenvalue weighted by Crippen LogP contribution is -1.96. The van der Waals surface area contributed by atoms with Crippen molar-refractivity contribution in [2.75, 3.05) is 0 Å². The molecule has 0 saturated heterocycles. The lowest BCUT2D eigenvalue weighted by molar-refractivity contribution is -0.112. The van der Waals surface area contributed by atoms with Crippen LogP contribution in [0.25, 0.3) is 0 Å². The highest BCUT2D eigenvalue weighted by atomic mass is 16.1. The quantitative estimate of drug-likeness (QED) is 0.456. The van der Waals surface area contributed by atoms with Gasteiger partial charge in [-0.05, 0) is 43.8 Å². The lowest BCUT2D eigenvalue weighted by atomic mass is 9.96. The first kappa shape index (κ1) is 15.2. The molecule has 1 nitrogen and oxygen atoms in total. The number of hydrogen-bond donors (Lipinski definition) is 0. The molecule has 0 aliphatic carbocycles. The largest absolute Gasteiger partial charge is 0.295 e. The van der Waals surface area contributed by atoms with Gasteiger partial charge in [-0.1, -0.05) is 45.8 Å². The zero-order chi connectivity index (χ0) is 12.6. The first-order chi connectivity index (χ1) is 7.41. The number of allylic oxidation sites excluding steroid dienone is 4. The third kappa shape index (κ3) is 9.70. The van der Waals surface area contributed by atoms with Gasteiger partial charge in [0.25, 0.3) is 0 Å². The lowest BCUT2D eigenvalue weighted by Gasteiger charge is -2.10. The summed E-state index contributed by atoms with van der Waals surface area (Å²) in [5, 5.41) is 0. The summed E-state index contributed by atoms with van der Waals surface area (Å²) in [5.41, 5.74) is 1.04. The smallest absolute Gasteiger partial charge is 0.152 e. The van der Waals surface area contributed by atoms with Crippen molar-refractivity contribution in [3.63, 3.8) is 0 Å². The maximum Gasteiger partial charge on any atom is 0.152 e. The van der Waals surface area contributed by atoms with Gasteiger partial charge in [-0.2, -0.15) is 0 Å². The predicted molar refractivity (Wildman–Crippen MR) is 71.4 cm³/mol. The van der Waals surface area contributed by atoms with Gasteiger partial charge in [0.1, 0.15) is 0 Å². The first-order valence-electron chi connectivity index (χ1n) is 6.27. The van der Waals surface area contributed by atoms with Crippen molar-refractivity contribution >= 4 is 5.78 Å². The Balaban J connectivity index is 3.86. The Morgan fingerprint density at radius 1 is 1.12 bits per heavy atom. The van der Waals surface area contributed by atoms with Crippen molar-refractivity contribution in [2.45, 2.75) is 53.9 Å². The van der Waals surface area contributed by atoms with E-state index in [-0.39, 0.29) is 5.78 Å². The monoisotopic (exact) mass is 222 g/mol. The van der Waals surface area contributed by atoms with Crippen LogP contribution in [0, 0.1) is 11.8 Å². The van der Waals surface area contributed by atoms with E-state index < -0.39 is 0 Å². The van der Waals surface area contributed by atoms with Crippen LogP contribution in [-0.4, -0.2) is 5.78 Å². The highest BCUT2D eigenvalue weighted by Gasteiger charge is 2.01. The van der Waals surface area contributed by atoms with E-state index in [1.165, 1.54) is 12.8 Å². The highest BCUT2D eigenvalue weighted by molar-refractivity contribution is 5.88. The minimum absolute atomic E-state index is 0.120. The standard InChI is InChI=1S/C15H26O/c1-12(2)9-10-13(3)7-6-8-14(4)11-15(5)16/h6,8,11-13H,7,9-10H2,1-5H3/b8-6+,14-11+. The van der Waals surface area contributed by atoms with Crippen molar-refractivity contribution in [3.8, 4) is 0 Å². The van der Waals surface area contributed by atoms with Gasteiger partial charge in [-0.15, -0.1) is 0 Å². The fraction of sp³-hybridized carbons (Fsp3) is 0.667. The van der Waals surface area contributed by atoms with Gasteiger partial charge < -0.3 is 0 Å². The first-order valence-corrected chi connectivity index (χ1v) is 6.27. The molecule has 0 aromatic carbocycles. The molecule has 0 heterocycles. The van der Waals surface area contributed by atoms with Crippen molar-refractivity contribution in [1.82, 2.24) is 0 Å². The molecule has 0 fully saturated rings. The Hall–Kier alpha value is -0.850. The maximum atomic E-state index is 10.8. The molecule has 0 spiro atoms. The van der Waals surface area contributed by atoms with E-state index in [0.29, 0.717) is 0 Å². The van der Waals surface area contributed by atoms with Crippen LogP contribution >= 0.6 is 0 Å². The Morgan fingerprint density at radius 2 is 1.75 bits per heavy atom. The minimum Gasteiger partial charge on any atom is -0.295 e. The molecular weight excluding hydrogens is 196 g/mol. The molecule has 0 aliphatic heterocycles. The van der Waals surface area contributed by atoms with E-state index in [1.807, 2.05) is 13.0 Å². The summed E-state index contributed by atoms with van der Waals surface area (Å²) >= 11 is 0. The molecule has 0 aliphatic rings. The van der Waals surface area contributed by atoms with Crippen LogP contribution in [0.4, 0.5) is 0 Å². The molecule has 92 valence electrons. The second-order valence-electron chi connectivity index (χ2n) is 5.21. The molecule has 0 aromatic heterocycles. The molecule has 1 unspecified atom stereocenters. The van der Waals surface area contributed by atoms with Crippen LogP contribution in [0.2, 0.25) is 0 Å². The molecule has 1 heteroatoms. The molecule has 0 rings (SSSR count). The van der Waals surface area contributed by atoms with E-state index in [9.17, 15) is 4.79 Å². The number of ketones is 1. The third-order valence-electron chi connectivity index (χ3n) is 2.59. The fourth-order valence-electron chi connectivity index (χ4n) is 1.59. The van der Waals surface area contributed by atoms with Gasteiger partial charge in [-0.3, -0.25) is 4.79 Å². The Morgan fingerprint density at radius 3 is 2.25 bits per heavy atom. The van der Waals surface area contributed by atoms with E-state index in [2.05, 4.69) is 26.8 Å². The number of carbonyl (C=O) groups is 1. The summed E-state index contributed by atoms with van der Waals surface area (Å²) in [4.78, 5) is 10.8. The van der Waals surface area contributed by atoms with E-state index in [1.54, 1.807) is 13.0 Å². The van der Waals surface area contributed by atoms with Gasteiger partial charge in [0.05, 0.1) is 0 Å². The molecular formula is C15H26O. The molecule has 0 radical (unpaired) electrons. The van der Waals surface area contributed by atoms with E-state index in [4.69, 9.17) is 0 Å². The summed E-state index contributed by atoms with van der Waals surface area (Å²) in [5.74, 6) is 1.66. The molecule has 0 aromatic rings. The fourth-order valence-corrected chi connectivity index (χ4v) is 1.59. The van der Waals surface area contributed by atoms with Gasteiger partial charge in [0, 0.05) is 0 Å². The van der Waals surface area contributed by atoms with Crippen molar-refractivity contribution < 1.29 is 4.79 Å². The highest BCUT2D eigenvalue weighted by Crippen LogP contribution is 2.15. The van der Waals surface area contributed by atoms with Gasteiger partial charge in [-0.25, -0.2) is 0 Å². The SMILES string of the molecule is CC(=O)/C=C(C)/C=C/CC(C)CCC(C)C. The van der Waals surface area contributed by atoms with E-state index >= 15 is 0 Å². The normalized spacial score (nSPS) is 14.8. The topological polar surface area (TPSA) is 17.1 Å². The minimum atomic E-state index is 0.120. The van der Waals surface area contributed by atoms with Crippen LogP contribution in [0.1, 0.15) is 53.9 Å². The van der Waals surface area contributed by atoms with Crippen LogP contribution in [0.5, 0.6) is 0 Å². The number of hydrogen-bond acceptors (Lipinski definition) is 1. The van der Waals surface area contributed by atoms with Crippen LogP contribution < -0.4 is 0 Å². The Labute approximate surface area is 101 Å². The Kier molecular flexibility index (Phi) is 7.88. The summed E-state index contributed by atoms with van der Waals surface area (Å²) in [6.07, 6.45) is 9.60. The molecule has 0 saturated carbocycles. The van der Waals surface area contributed by atoms with Crippen LogP contribution in [0.15, 0.2) is 23.8 Å². The second kappa shape index (κ2) is 8.32. The summed E-state index contributed by atoms with van der Waals surface area (Å²) in [7, 11) is 0. The number of carbonyl (C=O) groups excluding carboxylic acids is 1. The Bertz CT molecular complexity index is 259. The molecule has 1 atom stereocenters.